The zero-order chi connectivity index (χ0) is 20.1. The lowest BCUT2D eigenvalue weighted by Crippen LogP contribution is -2.46. The molecule has 3 atom stereocenters. The van der Waals surface area contributed by atoms with Crippen molar-refractivity contribution in [3.05, 3.63) is 30.7 Å². The van der Waals surface area contributed by atoms with Crippen LogP contribution in [0.1, 0.15) is 12.8 Å². The van der Waals surface area contributed by atoms with Gasteiger partial charge in [-0.15, -0.1) is 0 Å². The molecule has 5 rings (SSSR count). The molecule has 1 aliphatic heterocycles. The fourth-order valence-electron chi connectivity index (χ4n) is 3.99. The van der Waals surface area contributed by atoms with Gasteiger partial charge in [-0.25, -0.2) is 15.0 Å². The van der Waals surface area contributed by atoms with E-state index < -0.39 is 6.04 Å². The molecule has 1 aliphatic carbocycles. The van der Waals surface area contributed by atoms with Gasteiger partial charge in [0.2, 0.25) is 17.8 Å². The highest BCUT2D eigenvalue weighted by molar-refractivity contribution is 6.30. The first-order chi connectivity index (χ1) is 14.0. The Kier molecular flexibility index (Phi) is 3.97. The number of nitrogens with one attached hydrogen (secondary N) is 1. The molecule has 144 valence electrons. The Morgan fingerprint density at radius 3 is 2.93 bits per heavy atom. The fourth-order valence-corrected chi connectivity index (χ4v) is 3.99. The normalized spacial score (nSPS) is 22.5. The second kappa shape index (κ2) is 6.54. The second-order valence-electron chi connectivity index (χ2n) is 7.36. The highest BCUT2D eigenvalue weighted by Crippen LogP contribution is 2.48. The summed E-state index contributed by atoms with van der Waals surface area (Å²) in [6.07, 6.45) is 4.61. The number of amides is 2. The predicted molar refractivity (Wildman–Crippen MR) is 105 cm³/mol. The lowest BCUT2D eigenvalue weighted by atomic mass is 10.0. The Bertz CT molecular complexity index is 1130. The van der Waals surface area contributed by atoms with Gasteiger partial charge in [-0.05, 0) is 30.4 Å². The van der Waals surface area contributed by atoms with E-state index in [0.29, 0.717) is 34.9 Å². The minimum Gasteiger partial charge on any atom is -0.368 e. The number of hydrogen-bond donors (Lipinski definition) is 2. The topological polar surface area (TPSA) is 132 Å². The van der Waals surface area contributed by atoms with Gasteiger partial charge in [0.1, 0.15) is 31.8 Å². The lowest BCUT2D eigenvalue weighted by Gasteiger charge is -2.27. The van der Waals surface area contributed by atoms with Crippen molar-refractivity contribution in [1.82, 2.24) is 29.4 Å². The molecule has 0 bridgehead atoms. The lowest BCUT2D eigenvalue weighted by molar-refractivity contribution is -0.138. The number of hydrogen-bond acceptors (Lipinski definition) is 7. The number of carbonyl (C=O) groups is 2. The van der Waals surface area contributed by atoms with Crippen LogP contribution in [0.2, 0.25) is 0 Å². The van der Waals surface area contributed by atoms with Crippen molar-refractivity contribution in [1.29, 1.82) is 0 Å². The van der Waals surface area contributed by atoms with Crippen LogP contribution in [-0.4, -0.2) is 61.1 Å². The molecule has 3 aromatic heterocycles. The van der Waals surface area contributed by atoms with E-state index in [1.54, 1.807) is 27.7 Å². The van der Waals surface area contributed by atoms with Crippen molar-refractivity contribution in [3.63, 3.8) is 0 Å². The first-order valence-electron chi connectivity index (χ1n) is 9.27. The van der Waals surface area contributed by atoms with Crippen LogP contribution in [0, 0.1) is 5.92 Å². The van der Waals surface area contributed by atoms with Gasteiger partial charge in [-0.2, -0.15) is 4.98 Å². The maximum atomic E-state index is 13.1. The van der Waals surface area contributed by atoms with E-state index >= 15 is 0 Å². The van der Waals surface area contributed by atoms with Crippen molar-refractivity contribution in [2.75, 3.05) is 11.1 Å². The summed E-state index contributed by atoms with van der Waals surface area (Å²) < 4.78 is 1.62. The number of nitrogens with zero attached hydrogens (tertiary/aromatic N) is 6. The van der Waals surface area contributed by atoms with Crippen molar-refractivity contribution < 1.29 is 9.59 Å². The van der Waals surface area contributed by atoms with Gasteiger partial charge < -0.3 is 20.5 Å². The Balaban J connectivity index is 1.35. The molecule has 3 N–H and O–H groups in total. The molecule has 1 saturated heterocycles. The highest BCUT2D eigenvalue weighted by atomic mass is 16.2. The molecule has 0 spiro atoms. The van der Waals surface area contributed by atoms with Gasteiger partial charge in [0.05, 0.1) is 12.5 Å². The summed E-state index contributed by atoms with van der Waals surface area (Å²) in [4.78, 5) is 44.0. The average molecular weight is 388 g/mol. The van der Waals surface area contributed by atoms with Crippen LogP contribution >= 0.6 is 0 Å². The molecule has 10 nitrogen and oxygen atoms in total. The standard InChI is InChI=1S/C18H17BN8O2/c19-13-2-1-3-14(23-13)24-17(29)12-5-9-4-11(9)27(12)15(28)7-26-8-22-10-6-21-18(20)25-16(10)26/h1-3,6,8-9,11-12H,4-5,7H2,(H2,20,21,25)(H,23,24,29)/t9-,11-,12+/m1/s1. The van der Waals surface area contributed by atoms with E-state index in [2.05, 4.69) is 25.3 Å². The van der Waals surface area contributed by atoms with Crippen LogP contribution < -0.4 is 16.6 Å². The number of fused-ring (bicyclic) bond motifs is 2. The van der Waals surface area contributed by atoms with Crippen LogP contribution in [-0.2, 0) is 16.1 Å². The fraction of sp³-hybridized carbons (Fsp3) is 0.333. The minimum atomic E-state index is -0.538. The van der Waals surface area contributed by atoms with Crippen molar-refractivity contribution >= 4 is 48.2 Å². The monoisotopic (exact) mass is 388 g/mol. The number of nitrogen functional groups attached to an aromatic ring is 1. The number of aromatic nitrogens is 5. The zero-order valence-corrected chi connectivity index (χ0v) is 15.4. The SMILES string of the molecule is [B]c1cccc(NC(=O)[C@@H]2C[C@H]3C[C@H]3N2C(=O)Cn2cnc3cnc(N)nc32)n1. The molecule has 3 aromatic rings. The van der Waals surface area contributed by atoms with Crippen LogP contribution in [0.5, 0.6) is 0 Å². The molecule has 4 heterocycles. The third-order valence-electron chi connectivity index (χ3n) is 5.40. The van der Waals surface area contributed by atoms with Crippen molar-refractivity contribution in [2.45, 2.75) is 31.5 Å². The Morgan fingerprint density at radius 1 is 1.24 bits per heavy atom. The van der Waals surface area contributed by atoms with Gasteiger partial charge in [-0.3, -0.25) is 9.59 Å². The molecule has 11 heteroatoms. The number of piperidine rings is 1. The number of carbonyl (C=O) groups excluding carboxylic acids is 2. The van der Waals surface area contributed by atoms with Gasteiger partial charge in [0.15, 0.2) is 5.65 Å². The van der Waals surface area contributed by atoms with Gasteiger partial charge in [0, 0.05) is 6.04 Å². The maximum absolute atomic E-state index is 13.1. The van der Waals surface area contributed by atoms with E-state index in [1.807, 2.05) is 0 Å². The summed E-state index contributed by atoms with van der Waals surface area (Å²) in [6, 6.07) is 4.58. The summed E-state index contributed by atoms with van der Waals surface area (Å²) in [7, 11) is 5.67. The van der Waals surface area contributed by atoms with Crippen molar-refractivity contribution in [2.24, 2.45) is 5.92 Å². The third-order valence-corrected chi connectivity index (χ3v) is 5.40. The second-order valence-corrected chi connectivity index (χ2v) is 7.36. The van der Waals surface area contributed by atoms with Crippen LogP contribution in [0.3, 0.4) is 0 Å². The summed E-state index contributed by atoms with van der Waals surface area (Å²) in [5.74, 6) is 0.427. The number of rotatable bonds is 4. The van der Waals surface area contributed by atoms with Crippen LogP contribution in [0.25, 0.3) is 11.2 Å². The molecule has 0 aromatic carbocycles. The molecule has 2 radical (unpaired) electrons. The molecular weight excluding hydrogens is 371 g/mol. The summed E-state index contributed by atoms with van der Waals surface area (Å²) >= 11 is 0. The average Bonchev–Trinajstić information content (AvgIpc) is 3.17. The number of anilines is 2. The summed E-state index contributed by atoms with van der Waals surface area (Å²) in [5, 5.41) is 2.77. The van der Waals surface area contributed by atoms with Crippen LogP contribution in [0.15, 0.2) is 30.7 Å². The third kappa shape index (κ3) is 3.18. The molecule has 2 amide bonds. The van der Waals surface area contributed by atoms with Gasteiger partial charge in [-0.1, -0.05) is 12.1 Å². The summed E-state index contributed by atoms with van der Waals surface area (Å²) in [5.41, 5.74) is 7.01. The summed E-state index contributed by atoms with van der Waals surface area (Å²) in [6.45, 7) is 0.0243. The quantitative estimate of drug-likeness (QED) is 0.561. The van der Waals surface area contributed by atoms with E-state index in [9.17, 15) is 9.59 Å². The van der Waals surface area contributed by atoms with E-state index in [-0.39, 0.29) is 30.3 Å². The Hall–Kier alpha value is -3.50. The van der Waals surface area contributed by atoms with Crippen LogP contribution in [0.4, 0.5) is 11.8 Å². The minimum absolute atomic E-state index is 0.0243. The number of likely N-dealkylation sites (tertiary alicyclic amines) is 1. The maximum Gasteiger partial charge on any atom is 0.248 e. The Labute approximate surface area is 167 Å². The number of pyridine rings is 1. The first kappa shape index (κ1) is 17.6. The first-order valence-corrected chi connectivity index (χ1v) is 9.27. The highest BCUT2D eigenvalue weighted by Gasteiger charge is 2.56. The number of nitrogens with two attached hydrogens (primary N) is 1. The Morgan fingerprint density at radius 2 is 2.10 bits per heavy atom. The van der Waals surface area contributed by atoms with E-state index in [0.717, 1.165) is 6.42 Å². The molecule has 2 aliphatic rings. The van der Waals surface area contributed by atoms with Gasteiger partial charge in [0.25, 0.3) is 0 Å². The molecular formula is C18H17BN8O2. The van der Waals surface area contributed by atoms with Gasteiger partial charge >= 0.3 is 0 Å². The molecule has 2 fully saturated rings. The number of imidazole rings is 1. The molecule has 0 unspecified atom stereocenters. The predicted octanol–water partition coefficient (Wildman–Crippen LogP) is -0.775. The molecule has 1 saturated carbocycles. The molecule has 29 heavy (non-hydrogen) atoms. The van der Waals surface area contributed by atoms with E-state index in [1.165, 1.54) is 12.5 Å². The van der Waals surface area contributed by atoms with E-state index in [4.69, 9.17) is 13.6 Å². The van der Waals surface area contributed by atoms with Crippen molar-refractivity contribution in [3.8, 4) is 0 Å². The zero-order valence-electron chi connectivity index (χ0n) is 15.4. The smallest absolute Gasteiger partial charge is 0.248 e. The largest absolute Gasteiger partial charge is 0.368 e.